The van der Waals surface area contributed by atoms with Crippen LogP contribution in [0.5, 0.6) is 0 Å². The second-order valence-corrected chi connectivity index (χ2v) is 6.66. The van der Waals surface area contributed by atoms with Crippen LogP contribution in [0.25, 0.3) is 0 Å². The first-order valence-electron chi connectivity index (χ1n) is 8.88. The van der Waals surface area contributed by atoms with Crippen LogP contribution in [-0.2, 0) is 16.1 Å². The maximum atomic E-state index is 12.3. The standard InChI is InChI=1S/C19H27NO5/c21-13-17(16-9-5-2-6-10-16)11-20(12-18(22)23)19(24)25-14-15-7-3-1-4-8-15/h1,3-4,7-8,16-17,21H,2,5-6,9-14H2,(H,22,23). The minimum atomic E-state index is -1.09. The number of carbonyl (C=O) groups excluding carboxylic acids is 1. The van der Waals surface area contributed by atoms with Crippen LogP contribution in [0.3, 0.4) is 0 Å². The van der Waals surface area contributed by atoms with Crippen LogP contribution in [0.1, 0.15) is 37.7 Å². The SMILES string of the molecule is O=C(O)CN(CC(CO)C1CCCCC1)C(=O)OCc1ccccc1. The smallest absolute Gasteiger partial charge is 0.410 e. The largest absolute Gasteiger partial charge is 0.480 e. The van der Waals surface area contributed by atoms with Crippen LogP contribution in [-0.4, -0.2) is 46.9 Å². The average Bonchev–Trinajstić information content (AvgIpc) is 2.64. The lowest BCUT2D eigenvalue weighted by molar-refractivity contribution is -0.138. The number of rotatable bonds is 8. The molecule has 1 aromatic rings. The number of amides is 1. The Labute approximate surface area is 148 Å². The molecular formula is C19H27NO5. The Hall–Kier alpha value is -2.08. The summed E-state index contributed by atoms with van der Waals surface area (Å²) in [6, 6.07) is 9.25. The zero-order chi connectivity index (χ0) is 18.1. The normalized spacial score (nSPS) is 16.2. The summed E-state index contributed by atoms with van der Waals surface area (Å²) in [4.78, 5) is 24.7. The fraction of sp³-hybridized carbons (Fsp3) is 0.579. The molecule has 138 valence electrons. The van der Waals surface area contributed by atoms with Gasteiger partial charge < -0.3 is 14.9 Å². The van der Waals surface area contributed by atoms with E-state index in [2.05, 4.69) is 0 Å². The number of carboxylic acid groups (broad SMARTS) is 1. The van der Waals surface area contributed by atoms with E-state index in [4.69, 9.17) is 9.84 Å². The summed E-state index contributed by atoms with van der Waals surface area (Å²) in [5.41, 5.74) is 0.845. The third-order valence-electron chi connectivity index (χ3n) is 4.80. The van der Waals surface area contributed by atoms with Gasteiger partial charge in [0.25, 0.3) is 0 Å². The lowest BCUT2D eigenvalue weighted by Gasteiger charge is -2.32. The molecule has 0 radical (unpaired) electrons. The van der Waals surface area contributed by atoms with E-state index < -0.39 is 18.6 Å². The molecule has 1 atom stereocenters. The Morgan fingerprint density at radius 3 is 2.44 bits per heavy atom. The highest BCUT2D eigenvalue weighted by Crippen LogP contribution is 2.30. The van der Waals surface area contributed by atoms with Gasteiger partial charge in [0.2, 0.25) is 0 Å². The molecule has 1 aromatic carbocycles. The Bertz CT molecular complexity index is 542. The van der Waals surface area contributed by atoms with E-state index in [1.54, 1.807) is 0 Å². The molecule has 0 spiro atoms. The van der Waals surface area contributed by atoms with Crippen molar-refractivity contribution in [3.63, 3.8) is 0 Å². The Kier molecular flexibility index (Phi) is 7.73. The van der Waals surface area contributed by atoms with Gasteiger partial charge in [-0.25, -0.2) is 4.79 Å². The van der Waals surface area contributed by atoms with Crippen molar-refractivity contribution < 1.29 is 24.5 Å². The molecule has 0 bridgehead atoms. The summed E-state index contributed by atoms with van der Waals surface area (Å²) in [6.07, 6.45) is 4.83. The number of aliphatic hydroxyl groups is 1. The molecule has 0 saturated heterocycles. The molecule has 25 heavy (non-hydrogen) atoms. The van der Waals surface area contributed by atoms with Crippen LogP contribution in [0.4, 0.5) is 4.79 Å². The van der Waals surface area contributed by atoms with E-state index in [0.29, 0.717) is 5.92 Å². The maximum absolute atomic E-state index is 12.3. The van der Waals surface area contributed by atoms with Gasteiger partial charge in [0, 0.05) is 19.1 Å². The summed E-state index contributed by atoms with van der Waals surface area (Å²) >= 11 is 0. The lowest BCUT2D eigenvalue weighted by Crippen LogP contribution is -2.42. The topological polar surface area (TPSA) is 87.1 Å². The van der Waals surface area contributed by atoms with Gasteiger partial charge in [-0.05, 0) is 11.5 Å². The summed E-state index contributed by atoms with van der Waals surface area (Å²) in [5.74, 6) is -0.863. The number of ether oxygens (including phenoxy) is 1. The van der Waals surface area contributed by atoms with Gasteiger partial charge in [0.1, 0.15) is 13.2 Å². The van der Waals surface area contributed by atoms with Crippen molar-refractivity contribution in [1.82, 2.24) is 4.90 Å². The molecule has 1 fully saturated rings. The highest BCUT2D eigenvalue weighted by atomic mass is 16.6. The predicted octanol–water partition coefficient (Wildman–Crippen LogP) is 2.90. The molecule has 6 heteroatoms. The second kappa shape index (κ2) is 10.0. The predicted molar refractivity (Wildman–Crippen MR) is 93.0 cm³/mol. The van der Waals surface area contributed by atoms with Crippen LogP contribution in [0.2, 0.25) is 0 Å². The Morgan fingerprint density at radius 2 is 1.84 bits per heavy atom. The summed E-state index contributed by atoms with van der Waals surface area (Å²) in [7, 11) is 0. The first-order valence-corrected chi connectivity index (χ1v) is 8.88. The van der Waals surface area contributed by atoms with Crippen molar-refractivity contribution in [3.8, 4) is 0 Å². The van der Waals surface area contributed by atoms with Crippen LogP contribution in [0, 0.1) is 11.8 Å². The molecule has 0 aliphatic heterocycles. The molecule has 0 heterocycles. The first kappa shape index (κ1) is 19.2. The molecule has 1 saturated carbocycles. The number of benzene rings is 1. The van der Waals surface area contributed by atoms with Crippen molar-refractivity contribution in [2.75, 3.05) is 19.7 Å². The molecule has 1 amide bonds. The van der Waals surface area contributed by atoms with E-state index in [1.807, 2.05) is 30.3 Å². The fourth-order valence-electron chi connectivity index (χ4n) is 3.42. The third kappa shape index (κ3) is 6.38. The van der Waals surface area contributed by atoms with Gasteiger partial charge in [-0.3, -0.25) is 9.69 Å². The van der Waals surface area contributed by atoms with Crippen LogP contribution < -0.4 is 0 Å². The van der Waals surface area contributed by atoms with Crippen molar-refractivity contribution in [1.29, 1.82) is 0 Å². The molecular weight excluding hydrogens is 322 g/mol. The molecule has 6 nitrogen and oxygen atoms in total. The number of aliphatic carboxylic acids is 1. The highest BCUT2D eigenvalue weighted by molar-refractivity contribution is 5.76. The van der Waals surface area contributed by atoms with E-state index in [0.717, 1.165) is 31.2 Å². The van der Waals surface area contributed by atoms with Crippen molar-refractivity contribution in [3.05, 3.63) is 35.9 Å². The molecule has 1 aliphatic carbocycles. The van der Waals surface area contributed by atoms with Crippen molar-refractivity contribution in [2.45, 2.75) is 38.7 Å². The van der Waals surface area contributed by atoms with Gasteiger partial charge >= 0.3 is 12.1 Å². The summed E-state index contributed by atoms with van der Waals surface area (Å²) in [6.45, 7) is -0.159. The molecule has 0 aromatic heterocycles. The van der Waals surface area contributed by atoms with Gasteiger partial charge in [-0.15, -0.1) is 0 Å². The monoisotopic (exact) mass is 349 g/mol. The van der Waals surface area contributed by atoms with Crippen molar-refractivity contribution >= 4 is 12.1 Å². The lowest BCUT2D eigenvalue weighted by atomic mass is 9.80. The maximum Gasteiger partial charge on any atom is 0.410 e. The molecule has 1 unspecified atom stereocenters. The van der Waals surface area contributed by atoms with E-state index in [9.17, 15) is 14.7 Å². The van der Waals surface area contributed by atoms with Gasteiger partial charge in [0.05, 0.1) is 0 Å². The zero-order valence-electron chi connectivity index (χ0n) is 14.5. The highest BCUT2D eigenvalue weighted by Gasteiger charge is 2.28. The van der Waals surface area contributed by atoms with E-state index in [-0.39, 0.29) is 25.7 Å². The second-order valence-electron chi connectivity index (χ2n) is 6.66. The number of carbonyl (C=O) groups is 2. The fourth-order valence-corrected chi connectivity index (χ4v) is 3.42. The first-order chi connectivity index (χ1) is 12.1. The molecule has 2 N–H and O–H groups in total. The van der Waals surface area contributed by atoms with Crippen LogP contribution in [0.15, 0.2) is 30.3 Å². The number of hydrogen-bond acceptors (Lipinski definition) is 4. The number of aliphatic hydroxyl groups excluding tert-OH is 1. The van der Waals surface area contributed by atoms with E-state index in [1.165, 1.54) is 11.3 Å². The minimum absolute atomic E-state index is 0.0489. The van der Waals surface area contributed by atoms with E-state index >= 15 is 0 Å². The summed E-state index contributed by atoms with van der Waals surface area (Å²) in [5, 5.41) is 18.8. The Morgan fingerprint density at radius 1 is 1.16 bits per heavy atom. The number of nitrogens with zero attached hydrogens (tertiary/aromatic N) is 1. The van der Waals surface area contributed by atoms with Crippen LogP contribution >= 0.6 is 0 Å². The van der Waals surface area contributed by atoms with Gasteiger partial charge in [-0.1, -0.05) is 62.4 Å². The zero-order valence-corrected chi connectivity index (χ0v) is 14.5. The quantitative estimate of drug-likeness (QED) is 0.753. The summed E-state index contributed by atoms with van der Waals surface area (Å²) < 4.78 is 5.27. The molecule has 1 aliphatic rings. The van der Waals surface area contributed by atoms with Gasteiger partial charge in [0.15, 0.2) is 0 Å². The molecule has 2 rings (SSSR count). The third-order valence-corrected chi connectivity index (χ3v) is 4.80. The van der Waals surface area contributed by atoms with Crippen molar-refractivity contribution in [2.24, 2.45) is 11.8 Å². The Balaban J connectivity index is 1.95. The minimum Gasteiger partial charge on any atom is -0.480 e. The number of hydrogen-bond donors (Lipinski definition) is 2. The number of carboxylic acids is 1. The van der Waals surface area contributed by atoms with Gasteiger partial charge in [-0.2, -0.15) is 0 Å². The average molecular weight is 349 g/mol.